The third-order valence-electron chi connectivity index (χ3n) is 4.50. The average molecular weight is 263 g/mol. The van der Waals surface area contributed by atoms with E-state index in [2.05, 4.69) is 17.5 Å². The summed E-state index contributed by atoms with van der Waals surface area (Å²) in [7, 11) is 1.89. The number of hydrogen-bond donors (Lipinski definition) is 1. The molecule has 2 aliphatic rings. The van der Waals surface area contributed by atoms with Crippen LogP contribution in [0, 0.1) is 11.3 Å². The number of anilines is 1. The number of carbonyl (C=O) groups is 1. The van der Waals surface area contributed by atoms with E-state index in [1.54, 1.807) is 0 Å². The Morgan fingerprint density at radius 1 is 1.30 bits per heavy atom. The molecule has 1 fully saturated rings. The number of carbonyl (C=O) groups excluding carboxylic acids is 1. The van der Waals surface area contributed by atoms with Crippen LogP contribution in [0.4, 0.5) is 5.69 Å². The minimum Gasteiger partial charge on any atom is -0.335 e. The monoisotopic (exact) mass is 263 g/mol. The number of nitrogens with one attached hydrogen (secondary N) is 1. The van der Waals surface area contributed by atoms with Crippen LogP contribution in [0.5, 0.6) is 0 Å². The number of fused-ring (bicyclic) bond motifs is 2. The lowest BCUT2D eigenvalue weighted by Crippen LogP contribution is -2.18. The Balaban J connectivity index is 1.86. The predicted molar refractivity (Wildman–Crippen MR) is 75.1 cm³/mol. The molecule has 1 aromatic heterocycles. The normalized spacial score (nSPS) is 17.7. The van der Waals surface area contributed by atoms with Gasteiger partial charge in [-0.15, -0.1) is 0 Å². The van der Waals surface area contributed by atoms with Crippen LogP contribution in [-0.2, 0) is 17.3 Å². The van der Waals surface area contributed by atoms with E-state index in [-0.39, 0.29) is 11.3 Å². The lowest BCUT2D eigenvalue weighted by Gasteiger charge is -2.09. The predicted octanol–water partition coefficient (Wildman–Crippen LogP) is 2.55. The molecule has 0 saturated heterocycles. The molecule has 0 unspecified atom stereocenters. The van der Waals surface area contributed by atoms with Gasteiger partial charge in [0.15, 0.2) is 0 Å². The highest BCUT2D eigenvalue weighted by atomic mass is 16.2. The number of amides is 1. The molecule has 1 amide bonds. The number of benzene rings is 1. The number of nitrogens with zero attached hydrogens (tertiary/aromatic N) is 2. The number of nitriles is 1. The van der Waals surface area contributed by atoms with Crippen LogP contribution < -0.4 is 5.32 Å². The number of aromatic nitrogens is 1. The summed E-state index contributed by atoms with van der Waals surface area (Å²) in [6.45, 7) is 0. The molecule has 20 heavy (non-hydrogen) atoms. The summed E-state index contributed by atoms with van der Waals surface area (Å²) in [4.78, 5) is 12.0. The maximum atomic E-state index is 12.0. The summed E-state index contributed by atoms with van der Waals surface area (Å²) in [5, 5.41) is 12.0. The van der Waals surface area contributed by atoms with Gasteiger partial charge < -0.3 is 9.88 Å². The molecule has 1 aromatic carbocycles. The minimum atomic E-state index is -0.269. The van der Waals surface area contributed by atoms with Crippen LogP contribution in [0.15, 0.2) is 30.3 Å². The highest BCUT2D eigenvalue weighted by Gasteiger charge is 2.56. The summed E-state index contributed by atoms with van der Waals surface area (Å²) >= 11 is 0. The van der Waals surface area contributed by atoms with Crippen molar-refractivity contribution >= 4 is 11.6 Å². The average Bonchev–Trinajstić information content (AvgIpc) is 3.11. The summed E-state index contributed by atoms with van der Waals surface area (Å²) < 4.78 is 1.88. The third kappa shape index (κ3) is 1.27. The van der Waals surface area contributed by atoms with Gasteiger partial charge in [-0.3, -0.25) is 4.79 Å². The van der Waals surface area contributed by atoms with E-state index in [4.69, 9.17) is 5.26 Å². The van der Waals surface area contributed by atoms with E-state index in [0.717, 1.165) is 35.3 Å². The zero-order valence-corrected chi connectivity index (χ0v) is 11.1. The summed E-state index contributed by atoms with van der Waals surface area (Å²) in [6.07, 6.45) is 1.87. The molecule has 1 aliphatic carbocycles. The molecule has 4 nitrogen and oxygen atoms in total. The van der Waals surface area contributed by atoms with Gasteiger partial charge in [0, 0.05) is 18.4 Å². The standard InChI is InChI=1S/C16H13N3O/c1-19-11(9-17)3-5-14(19)10-2-4-13-12(8-10)16(6-7-16)15(20)18-13/h2-5,8H,6-7H2,1H3,(H,18,20). The van der Waals surface area contributed by atoms with Gasteiger partial charge >= 0.3 is 0 Å². The second kappa shape index (κ2) is 3.51. The fourth-order valence-corrected chi connectivity index (χ4v) is 3.11. The zero-order chi connectivity index (χ0) is 13.9. The molecular weight excluding hydrogens is 250 g/mol. The van der Waals surface area contributed by atoms with Crippen molar-refractivity contribution in [1.29, 1.82) is 5.26 Å². The minimum absolute atomic E-state index is 0.134. The Morgan fingerprint density at radius 2 is 2.10 bits per heavy atom. The summed E-state index contributed by atoms with van der Waals surface area (Å²) in [5.74, 6) is 0.134. The van der Waals surface area contributed by atoms with Crippen molar-refractivity contribution in [3.05, 3.63) is 41.6 Å². The molecule has 98 valence electrons. The Bertz CT molecular complexity index is 791. The molecule has 2 aromatic rings. The van der Waals surface area contributed by atoms with Gasteiger partial charge in [-0.2, -0.15) is 5.26 Å². The van der Waals surface area contributed by atoms with Crippen molar-refractivity contribution in [3.8, 4) is 17.3 Å². The highest BCUT2D eigenvalue weighted by Crippen LogP contribution is 2.55. The lowest BCUT2D eigenvalue weighted by molar-refractivity contribution is -0.117. The molecule has 1 saturated carbocycles. The van der Waals surface area contributed by atoms with Gasteiger partial charge in [0.25, 0.3) is 0 Å². The SMILES string of the molecule is Cn1c(C#N)ccc1-c1ccc2c(c1)C1(CC1)C(=O)N2. The van der Waals surface area contributed by atoms with E-state index < -0.39 is 0 Å². The second-order valence-electron chi connectivity index (χ2n) is 5.57. The molecule has 0 radical (unpaired) electrons. The molecule has 4 heteroatoms. The van der Waals surface area contributed by atoms with E-state index >= 15 is 0 Å². The molecule has 0 bridgehead atoms. The first-order valence-electron chi connectivity index (χ1n) is 6.68. The first-order valence-corrected chi connectivity index (χ1v) is 6.68. The molecular formula is C16H13N3O. The fourth-order valence-electron chi connectivity index (χ4n) is 3.11. The van der Waals surface area contributed by atoms with Crippen molar-refractivity contribution in [1.82, 2.24) is 4.57 Å². The maximum Gasteiger partial charge on any atom is 0.235 e. The second-order valence-corrected chi connectivity index (χ2v) is 5.57. The van der Waals surface area contributed by atoms with Crippen LogP contribution in [-0.4, -0.2) is 10.5 Å². The quantitative estimate of drug-likeness (QED) is 0.859. The molecule has 0 atom stereocenters. The topological polar surface area (TPSA) is 57.8 Å². The van der Waals surface area contributed by atoms with E-state index in [9.17, 15) is 4.79 Å². The van der Waals surface area contributed by atoms with Crippen molar-refractivity contribution in [3.63, 3.8) is 0 Å². The van der Waals surface area contributed by atoms with Gasteiger partial charge in [-0.05, 0) is 48.2 Å². The van der Waals surface area contributed by atoms with Crippen LogP contribution in [0.25, 0.3) is 11.3 Å². The van der Waals surface area contributed by atoms with Crippen molar-refractivity contribution < 1.29 is 4.79 Å². The van der Waals surface area contributed by atoms with Gasteiger partial charge in [-0.1, -0.05) is 6.07 Å². The van der Waals surface area contributed by atoms with E-state index in [0.29, 0.717) is 5.69 Å². The molecule has 1 N–H and O–H groups in total. The number of hydrogen-bond acceptors (Lipinski definition) is 2. The van der Waals surface area contributed by atoms with Crippen molar-refractivity contribution in [2.45, 2.75) is 18.3 Å². The maximum absolute atomic E-state index is 12.0. The zero-order valence-electron chi connectivity index (χ0n) is 11.1. The van der Waals surface area contributed by atoms with Crippen molar-refractivity contribution in [2.24, 2.45) is 7.05 Å². The third-order valence-corrected chi connectivity index (χ3v) is 4.50. The molecule has 1 aliphatic heterocycles. The van der Waals surface area contributed by atoms with Gasteiger partial charge in [-0.25, -0.2) is 0 Å². The first-order chi connectivity index (χ1) is 9.65. The van der Waals surface area contributed by atoms with Crippen molar-refractivity contribution in [2.75, 3.05) is 5.32 Å². The molecule has 1 spiro atoms. The van der Waals surface area contributed by atoms with Crippen LogP contribution >= 0.6 is 0 Å². The smallest absolute Gasteiger partial charge is 0.235 e. The van der Waals surface area contributed by atoms with Crippen LogP contribution in [0.1, 0.15) is 24.1 Å². The molecule has 4 rings (SSSR count). The first kappa shape index (κ1) is 11.3. The number of rotatable bonds is 1. The van der Waals surface area contributed by atoms with Gasteiger partial charge in [0.05, 0.1) is 5.41 Å². The van der Waals surface area contributed by atoms with Gasteiger partial charge in [0.1, 0.15) is 11.8 Å². The highest BCUT2D eigenvalue weighted by molar-refractivity contribution is 6.08. The summed E-state index contributed by atoms with van der Waals surface area (Å²) in [5.41, 5.74) is 4.46. The van der Waals surface area contributed by atoms with E-state index in [1.807, 2.05) is 35.9 Å². The van der Waals surface area contributed by atoms with E-state index in [1.165, 1.54) is 0 Å². The van der Waals surface area contributed by atoms with Crippen LogP contribution in [0.3, 0.4) is 0 Å². The Kier molecular flexibility index (Phi) is 1.99. The van der Waals surface area contributed by atoms with Gasteiger partial charge in [0.2, 0.25) is 5.91 Å². The Morgan fingerprint density at radius 3 is 2.75 bits per heavy atom. The fraction of sp³-hybridized carbons (Fsp3) is 0.250. The molecule has 2 heterocycles. The lowest BCUT2D eigenvalue weighted by atomic mass is 9.95. The summed E-state index contributed by atoms with van der Waals surface area (Å²) in [6, 6.07) is 12.0. The largest absolute Gasteiger partial charge is 0.335 e. The Hall–Kier alpha value is -2.54. The Labute approximate surface area is 116 Å². The van der Waals surface area contributed by atoms with Crippen LogP contribution in [0.2, 0.25) is 0 Å².